The van der Waals surface area contributed by atoms with Crippen LogP contribution < -0.4 is 5.32 Å². The van der Waals surface area contributed by atoms with E-state index in [0.29, 0.717) is 6.54 Å². The van der Waals surface area contributed by atoms with Crippen molar-refractivity contribution in [3.63, 3.8) is 0 Å². The average Bonchev–Trinajstić information content (AvgIpc) is 2.47. The molecule has 1 amide bonds. The van der Waals surface area contributed by atoms with Crippen LogP contribution in [0, 0.1) is 5.92 Å². The number of carbonyl (C=O) groups excluding carboxylic acids is 1. The second kappa shape index (κ2) is 6.47. The average molecular weight is 300 g/mol. The lowest BCUT2D eigenvalue weighted by Gasteiger charge is -2.31. The maximum Gasteiger partial charge on any atom is 0.416 e. The van der Waals surface area contributed by atoms with Gasteiger partial charge in [-0.05, 0) is 43.6 Å². The molecule has 0 aliphatic carbocycles. The van der Waals surface area contributed by atoms with Crippen LogP contribution >= 0.6 is 0 Å². The Morgan fingerprint density at radius 1 is 1.24 bits per heavy atom. The fraction of sp³-hybridized carbons (Fsp3) is 0.533. The Kier molecular flexibility index (Phi) is 4.88. The van der Waals surface area contributed by atoms with Gasteiger partial charge in [-0.25, -0.2) is 0 Å². The number of halogens is 3. The monoisotopic (exact) mass is 300 g/mol. The quantitative estimate of drug-likeness (QED) is 0.931. The highest BCUT2D eigenvalue weighted by molar-refractivity contribution is 5.78. The van der Waals surface area contributed by atoms with Crippen molar-refractivity contribution in [2.75, 3.05) is 20.1 Å². The molecule has 0 unspecified atom stereocenters. The van der Waals surface area contributed by atoms with E-state index in [-0.39, 0.29) is 11.8 Å². The fourth-order valence-corrected chi connectivity index (χ4v) is 2.61. The lowest BCUT2D eigenvalue weighted by Crippen LogP contribution is -2.39. The maximum atomic E-state index is 12.5. The molecule has 21 heavy (non-hydrogen) atoms. The van der Waals surface area contributed by atoms with Gasteiger partial charge in [0.2, 0.25) is 5.91 Å². The van der Waals surface area contributed by atoms with Gasteiger partial charge in [0, 0.05) is 19.5 Å². The summed E-state index contributed by atoms with van der Waals surface area (Å²) < 4.78 is 37.4. The van der Waals surface area contributed by atoms with Crippen LogP contribution in [0.2, 0.25) is 0 Å². The molecule has 1 fully saturated rings. The molecular formula is C15H19F3N2O. The normalized spacial score (nSPS) is 17.7. The summed E-state index contributed by atoms with van der Waals surface area (Å²) in [6.07, 6.45) is -2.70. The Morgan fingerprint density at radius 2 is 1.81 bits per heavy atom. The summed E-state index contributed by atoms with van der Waals surface area (Å²) in [5.74, 6) is 0.128. The van der Waals surface area contributed by atoms with Crippen LogP contribution in [0.1, 0.15) is 24.0 Å². The van der Waals surface area contributed by atoms with E-state index in [1.807, 2.05) is 0 Å². The van der Waals surface area contributed by atoms with Crippen LogP contribution in [-0.4, -0.2) is 30.9 Å². The van der Waals surface area contributed by atoms with Gasteiger partial charge in [0.25, 0.3) is 0 Å². The molecule has 1 heterocycles. The minimum Gasteiger partial charge on any atom is -0.359 e. The van der Waals surface area contributed by atoms with Gasteiger partial charge in [-0.15, -0.1) is 0 Å². The highest BCUT2D eigenvalue weighted by Gasteiger charge is 2.30. The van der Waals surface area contributed by atoms with Gasteiger partial charge in [0.05, 0.1) is 5.56 Å². The number of carbonyl (C=O) groups is 1. The van der Waals surface area contributed by atoms with Gasteiger partial charge in [0.15, 0.2) is 0 Å². The zero-order chi connectivity index (χ0) is 15.5. The van der Waals surface area contributed by atoms with Gasteiger partial charge < -0.3 is 5.32 Å². The number of nitrogens with zero attached hydrogens (tertiary/aromatic N) is 1. The summed E-state index contributed by atoms with van der Waals surface area (Å²) in [5, 5.41) is 2.66. The standard InChI is InChI=1S/C15H19F3N2O/c1-19-14(21)12-6-8-20(9-7-12)10-11-2-4-13(5-3-11)15(16,17)18/h2-5,12H,6-10H2,1H3,(H,19,21). The topological polar surface area (TPSA) is 32.3 Å². The van der Waals surface area contributed by atoms with Crippen molar-refractivity contribution in [1.82, 2.24) is 10.2 Å². The predicted molar refractivity (Wildman–Crippen MR) is 73.5 cm³/mol. The molecule has 0 bridgehead atoms. The third kappa shape index (κ3) is 4.20. The molecule has 0 atom stereocenters. The Labute approximate surface area is 122 Å². The van der Waals surface area contributed by atoms with Crippen molar-refractivity contribution >= 4 is 5.91 Å². The lowest BCUT2D eigenvalue weighted by atomic mass is 9.95. The van der Waals surface area contributed by atoms with Crippen LogP contribution in [0.4, 0.5) is 13.2 Å². The zero-order valence-electron chi connectivity index (χ0n) is 11.9. The van der Waals surface area contributed by atoms with Gasteiger partial charge in [-0.2, -0.15) is 13.2 Å². The van der Waals surface area contributed by atoms with Crippen LogP contribution in [0.25, 0.3) is 0 Å². The summed E-state index contributed by atoms with van der Waals surface area (Å²) in [7, 11) is 1.64. The summed E-state index contributed by atoms with van der Waals surface area (Å²) in [6.45, 7) is 2.21. The molecule has 3 nitrogen and oxygen atoms in total. The maximum absolute atomic E-state index is 12.5. The van der Waals surface area contributed by atoms with Crippen molar-refractivity contribution in [3.8, 4) is 0 Å². The molecule has 1 aromatic carbocycles. The van der Waals surface area contributed by atoms with E-state index in [1.165, 1.54) is 12.1 Å². The smallest absolute Gasteiger partial charge is 0.359 e. The predicted octanol–water partition coefficient (Wildman–Crippen LogP) is 2.66. The minimum absolute atomic E-state index is 0.0545. The molecular weight excluding hydrogens is 281 g/mol. The van der Waals surface area contributed by atoms with E-state index in [0.717, 1.165) is 43.6 Å². The third-order valence-corrected chi connectivity index (χ3v) is 3.89. The van der Waals surface area contributed by atoms with E-state index in [9.17, 15) is 18.0 Å². The Hall–Kier alpha value is -1.56. The largest absolute Gasteiger partial charge is 0.416 e. The van der Waals surface area contributed by atoms with Crippen LogP contribution in [-0.2, 0) is 17.5 Å². The molecule has 0 saturated carbocycles. The number of amides is 1. The highest BCUT2D eigenvalue weighted by atomic mass is 19.4. The molecule has 6 heteroatoms. The van der Waals surface area contributed by atoms with Crippen molar-refractivity contribution in [3.05, 3.63) is 35.4 Å². The SMILES string of the molecule is CNC(=O)C1CCN(Cc2ccc(C(F)(F)F)cc2)CC1. The van der Waals surface area contributed by atoms with Crippen molar-refractivity contribution in [2.45, 2.75) is 25.6 Å². The van der Waals surface area contributed by atoms with E-state index in [4.69, 9.17) is 0 Å². The van der Waals surface area contributed by atoms with Crippen LogP contribution in [0.3, 0.4) is 0 Å². The molecule has 1 saturated heterocycles. The van der Waals surface area contributed by atoms with Crippen LogP contribution in [0.5, 0.6) is 0 Å². The molecule has 1 aliphatic rings. The first-order chi connectivity index (χ1) is 9.90. The molecule has 0 spiro atoms. The Morgan fingerprint density at radius 3 is 2.29 bits per heavy atom. The molecule has 1 N–H and O–H groups in total. The summed E-state index contributed by atoms with van der Waals surface area (Å²) in [6, 6.07) is 5.28. The van der Waals surface area contributed by atoms with Crippen molar-refractivity contribution in [2.24, 2.45) is 5.92 Å². The highest BCUT2D eigenvalue weighted by Crippen LogP contribution is 2.29. The first kappa shape index (κ1) is 15.8. The third-order valence-electron chi connectivity index (χ3n) is 3.89. The van der Waals surface area contributed by atoms with Gasteiger partial charge >= 0.3 is 6.18 Å². The van der Waals surface area contributed by atoms with Gasteiger partial charge in [-0.3, -0.25) is 9.69 Å². The summed E-state index contributed by atoms with van der Waals surface area (Å²) >= 11 is 0. The Bertz CT molecular complexity index is 477. The fourth-order valence-electron chi connectivity index (χ4n) is 2.61. The lowest BCUT2D eigenvalue weighted by molar-refractivity contribution is -0.137. The number of rotatable bonds is 3. The number of benzene rings is 1. The van der Waals surface area contributed by atoms with E-state index in [1.54, 1.807) is 7.05 Å². The number of alkyl halides is 3. The van der Waals surface area contributed by atoms with Crippen molar-refractivity contribution < 1.29 is 18.0 Å². The number of nitrogens with one attached hydrogen (secondary N) is 1. The number of hydrogen-bond acceptors (Lipinski definition) is 2. The zero-order valence-corrected chi connectivity index (χ0v) is 11.9. The van der Waals surface area contributed by atoms with Crippen molar-refractivity contribution in [1.29, 1.82) is 0 Å². The van der Waals surface area contributed by atoms with E-state index < -0.39 is 11.7 Å². The second-order valence-corrected chi connectivity index (χ2v) is 5.36. The minimum atomic E-state index is -4.29. The summed E-state index contributed by atoms with van der Waals surface area (Å²) in [5.41, 5.74) is 0.242. The Balaban J connectivity index is 1.88. The second-order valence-electron chi connectivity index (χ2n) is 5.36. The van der Waals surface area contributed by atoms with Gasteiger partial charge in [-0.1, -0.05) is 12.1 Å². The van der Waals surface area contributed by atoms with Gasteiger partial charge in [0.1, 0.15) is 0 Å². The molecule has 2 rings (SSSR count). The van der Waals surface area contributed by atoms with E-state index in [2.05, 4.69) is 10.2 Å². The molecule has 1 aromatic rings. The molecule has 116 valence electrons. The number of likely N-dealkylation sites (tertiary alicyclic amines) is 1. The number of piperidine rings is 1. The molecule has 0 aromatic heterocycles. The number of hydrogen-bond donors (Lipinski definition) is 1. The van der Waals surface area contributed by atoms with E-state index >= 15 is 0 Å². The van der Waals surface area contributed by atoms with Crippen LogP contribution in [0.15, 0.2) is 24.3 Å². The summed E-state index contributed by atoms with van der Waals surface area (Å²) in [4.78, 5) is 13.7. The molecule has 1 aliphatic heterocycles. The first-order valence-electron chi connectivity index (χ1n) is 7.00. The first-order valence-corrected chi connectivity index (χ1v) is 7.00. The molecule has 0 radical (unpaired) electrons.